The average Bonchev–Trinajstić information content (AvgIpc) is 3.74. The van der Waals surface area contributed by atoms with E-state index in [1.807, 2.05) is 61.2 Å². The van der Waals surface area contributed by atoms with Crippen LogP contribution in [0.25, 0.3) is 22.3 Å². The monoisotopic (exact) mass is 814 g/mol. The van der Waals surface area contributed by atoms with Crippen LogP contribution >= 0.6 is 0 Å². The lowest BCUT2D eigenvalue weighted by atomic mass is 10.0. The molecule has 4 atom stereocenters. The van der Waals surface area contributed by atoms with Crippen molar-refractivity contribution in [3.05, 3.63) is 107 Å². The number of benzene rings is 3. The molecule has 310 valence electrons. The van der Waals surface area contributed by atoms with E-state index in [0.717, 1.165) is 58.5 Å². The summed E-state index contributed by atoms with van der Waals surface area (Å²) in [6.07, 6.45) is 4.56. The van der Waals surface area contributed by atoms with E-state index >= 15 is 0 Å². The Morgan fingerprint density at radius 1 is 0.867 bits per heavy atom. The Morgan fingerprint density at radius 3 is 2.30 bits per heavy atom. The summed E-state index contributed by atoms with van der Waals surface area (Å²) in [6.45, 7) is 4.87. The molecular formula is C45H47FN8O6. The van der Waals surface area contributed by atoms with Crippen molar-refractivity contribution in [2.24, 2.45) is 11.3 Å². The van der Waals surface area contributed by atoms with Crippen molar-refractivity contribution < 1.29 is 33.0 Å². The quantitative estimate of drug-likeness (QED) is 0.119. The van der Waals surface area contributed by atoms with Gasteiger partial charge in [-0.1, -0.05) is 56.0 Å². The second-order valence-corrected chi connectivity index (χ2v) is 16.2. The highest BCUT2D eigenvalue weighted by atomic mass is 19.1. The Bertz CT molecular complexity index is 2500. The average molecular weight is 815 g/mol. The summed E-state index contributed by atoms with van der Waals surface area (Å²) < 4.78 is 24.4. The van der Waals surface area contributed by atoms with Gasteiger partial charge in [-0.25, -0.2) is 23.9 Å². The molecule has 4 N–H and O–H groups in total. The number of H-pyrrole nitrogens is 2. The number of ether oxygens (including phenoxy) is 2. The van der Waals surface area contributed by atoms with Crippen LogP contribution in [-0.4, -0.2) is 87.1 Å². The lowest BCUT2D eigenvalue weighted by molar-refractivity contribution is -0.136. The molecule has 3 fully saturated rings. The number of methoxy groups -OCH3 is 2. The third-order valence-electron chi connectivity index (χ3n) is 11.9. The SMILES string of the molecule is COC(=O)N[C@H](C(=O)N1CC2(CC2)C[C@H]1c1nc2ccc(C#Cc3ccc(-c4cnc([C@@H]5CCCN5C(=O)[C@H](NC(=O)OC)c5ccccc5F)[nH]4)cc3)cc2[nH]1)C(C)C. The maximum atomic E-state index is 14.8. The number of aromatic nitrogens is 4. The second kappa shape index (κ2) is 16.5. The number of halogens is 1. The maximum absolute atomic E-state index is 14.8. The van der Waals surface area contributed by atoms with Crippen molar-refractivity contribution in [3.8, 4) is 23.1 Å². The first-order valence-electron chi connectivity index (χ1n) is 20.2. The molecule has 4 heterocycles. The van der Waals surface area contributed by atoms with Crippen molar-refractivity contribution >= 4 is 35.0 Å². The van der Waals surface area contributed by atoms with Crippen LogP contribution in [0.2, 0.25) is 0 Å². The number of alkyl carbamates (subject to hydrolysis) is 2. The number of rotatable bonds is 9. The summed E-state index contributed by atoms with van der Waals surface area (Å²) in [6, 6.07) is 16.8. The number of imidazole rings is 2. The Balaban J connectivity index is 0.952. The Kier molecular flexibility index (Phi) is 11.0. The number of amides is 4. The van der Waals surface area contributed by atoms with Gasteiger partial charge in [-0.3, -0.25) is 9.59 Å². The molecule has 0 radical (unpaired) electrons. The molecule has 15 heteroatoms. The summed E-state index contributed by atoms with van der Waals surface area (Å²) in [5.74, 6) is 6.51. The van der Waals surface area contributed by atoms with Crippen molar-refractivity contribution in [2.45, 2.75) is 70.1 Å². The largest absolute Gasteiger partial charge is 0.453 e. The first-order valence-corrected chi connectivity index (χ1v) is 20.2. The number of nitrogens with one attached hydrogen (secondary N) is 4. The lowest BCUT2D eigenvalue weighted by Gasteiger charge is -2.30. The summed E-state index contributed by atoms with van der Waals surface area (Å²) in [5.41, 5.74) is 5.00. The molecule has 14 nitrogen and oxygen atoms in total. The van der Waals surface area contributed by atoms with E-state index in [1.165, 1.54) is 32.4 Å². The Labute approximate surface area is 346 Å². The molecular weight excluding hydrogens is 768 g/mol. The molecule has 2 aromatic heterocycles. The van der Waals surface area contributed by atoms with Crippen LogP contribution in [0.15, 0.2) is 72.9 Å². The van der Waals surface area contributed by atoms with E-state index in [9.17, 15) is 23.6 Å². The highest BCUT2D eigenvalue weighted by molar-refractivity contribution is 5.88. The molecule has 8 rings (SSSR count). The van der Waals surface area contributed by atoms with E-state index < -0.39 is 42.0 Å². The van der Waals surface area contributed by atoms with Crippen LogP contribution in [0.5, 0.6) is 0 Å². The Morgan fingerprint density at radius 2 is 1.58 bits per heavy atom. The van der Waals surface area contributed by atoms with E-state index in [2.05, 4.69) is 37.4 Å². The van der Waals surface area contributed by atoms with Crippen molar-refractivity contribution in [1.82, 2.24) is 40.4 Å². The zero-order valence-electron chi connectivity index (χ0n) is 33.9. The molecule has 1 spiro atoms. The standard InChI is InChI=1S/C45H47FN8O6/c1-26(2)37(51-43(57)59-3)41(55)54-25-45(19-20-45)23-36(54)40-48-32-18-15-28(22-33(32)49-40)12-11-27-13-16-29(17-14-27)34-24-47-39(50-34)35-10-7-21-53(35)42(56)38(52-44(58)60-4)30-8-5-6-9-31(30)46/h5-6,8-9,13-18,22,24,26,35-38H,7,10,19-21,23,25H2,1-4H3,(H,47,50)(H,48,49)(H,51,57)(H,52,58)/t35-,36-,37-,38+/m0/s1. The molecule has 3 aliphatic rings. The highest BCUT2D eigenvalue weighted by Crippen LogP contribution is 2.58. The fourth-order valence-corrected chi connectivity index (χ4v) is 8.38. The van der Waals surface area contributed by atoms with Crippen LogP contribution < -0.4 is 10.6 Å². The number of hydrogen-bond acceptors (Lipinski definition) is 8. The number of carbonyl (C=O) groups excluding carboxylic acids is 4. The number of likely N-dealkylation sites (tertiary alicyclic amines) is 2. The molecule has 60 heavy (non-hydrogen) atoms. The molecule has 1 saturated carbocycles. The zero-order chi connectivity index (χ0) is 42.1. The number of aromatic amines is 2. The van der Waals surface area contributed by atoms with Crippen LogP contribution in [0.3, 0.4) is 0 Å². The zero-order valence-corrected chi connectivity index (χ0v) is 33.9. The van der Waals surface area contributed by atoms with Gasteiger partial charge in [-0.05, 0) is 85.4 Å². The first-order chi connectivity index (χ1) is 29.0. The second-order valence-electron chi connectivity index (χ2n) is 16.2. The predicted octanol–water partition coefficient (Wildman–Crippen LogP) is 6.69. The molecule has 0 unspecified atom stereocenters. The molecule has 5 aromatic rings. The van der Waals surface area contributed by atoms with E-state index in [1.54, 1.807) is 17.2 Å². The van der Waals surface area contributed by atoms with Crippen LogP contribution in [0, 0.1) is 29.0 Å². The van der Waals surface area contributed by atoms with Crippen LogP contribution in [-0.2, 0) is 19.1 Å². The topological polar surface area (TPSA) is 175 Å². The Hall–Kier alpha value is -6.69. The van der Waals surface area contributed by atoms with Crippen LogP contribution in [0.1, 0.15) is 92.4 Å². The van der Waals surface area contributed by atoms with Crippen LogP contribution in [0.4, 0.5) is 14.0 Å². The van der Waals surface area contributed by atoms with E-state index in [4.69, 9.17) is 14.5 Å². The molecule has 2 saturated heterocycles. The third-order valence-corrected chi connectivity index (χ3v) is 11.9. The van der Waals surface area contributed by atoms with Gasteiger partial charge >= 0.3 is 12.2 Å². The van der Waals surface area contributed by atoms with Gasteiger partial charge < -0.3 is 39.9 Å². The minimum absolute atomic E-state index is 0.0537. The van der Waals surface area contributed by atoms with Gasteiger partial charge in [0.15, 0.2) is 0 Å². The van der Waals surface area contributed by atoms with Crippen molar-refractivity contribution in [2.75, 3.05) is 27.3 Å². The smallest absolute Gasteiger partial charge is 0.407 e. The molecule has 4 amide bonds. The summed E-state index contributed by atoms with van der Waals surface area (Å²) in [4.78, 5) is 71.9. The van der Waals surface area contributed by atoms with Gasteiger partial charge in [0.25, 0.3) is 5.91 Å². The lowest BCUT2D eigenvalue weighted by Crippen LogP contribution is -2.51. The number of hydrogen-bond donors (Lipinski definition) is 4. The minimum Gasteiger partial charge on any atom is -0.453 e. The number of fused-ring (bicyclic) bond motifs is 1. The molecule has 3 aromatic carbocycles. The third kappa shape index (κ3) is 8.14. The fourth-order valence-electron chi connectivity index (χ4n) is 8.38. The molecule has 1 aliphatic carbocycles. The van der Waals surface area contributed by atoms with Crippen molar-refractivity contribution in [1.29, 1.82) is 0 Å². The predicted molar refractivity (Wildman–Crippen MR) is 219 cm³/mol. The highest BCUT2D eigenvalue weighted by Gasteiger charge is 2.55. The summed E-state index contributed by atoms with van der Waals surface area (Å²) in [5, 5.41) is 5.24. The summed E-state index contributed by atoms with van der Waals surface area (Å²) >= 11 is 0. The van der Waals surface area contributed by atoms with E-state index in [0.29, 0.717) is 31.8 Å². The van der Waals surface area contributed by atoms with Gasteiger partial charge in [0.2, 0.25) is 5.91 Å². The molecule has 2 aliphatic heterocycles. The van der Waals surface area contributed by atoms with E-state index in [-0.39, 0.29) is 28.8 Å². The van der Waals surface area contributed by atoms with Gasteiger partial charge in [0, 0.05) is 29.8 Å². The summed E-state index contributed by atoms with van der Waals surface area (Å²) in [7, 11) is 2.48. The number of carbonyl (C=O) groups is 4. The fraction of sp³-hybridized carbons (Fsp3) is 0.378. The maximum Gasteiger partial charge on any atom is 0.407 e. The van der Waals surface area contributed by atoms with Gasteiger partial charge in [0.1, 0.15) is 29.5 Å². The minimum atomic E-state index is -1.27. The van der Waals surface area contributed by atoms with Gasteiger partial charge in [-0.2, -0.15) is 0 Å². The van der Waals surface area contributed by atoms with Gasteiger partial charge in [-0.15, -0.1) is 0 Å². The van der Waals surface area contributed by atoms with Crippen molar-refractivity contribution in [3.63, 3.8) is 0 Å². The number of nitrogens with zero attached hydrogens (tertiary/aromatic N) is 4. The first kappa shape index (κ1) is 40.1. The normalized spacial score (nSPS) is 18.8. The van der Waals surface area contributed by atoms with Gasteiger partial charge in [0.05, 0.1) is 49.2 Å². The molecule has 0 bridgehead atoms.